The first kappa shape index (κ1) is 22.7. The SMILES string of the molecule is COc1cc2c(cc1OC)C1CC(OC(C)=O)CCC1N=C2c1ccc(N2CCOCC2)nc1. The topological polar surface area (TPSA) is 82.5 Å². The molecule has 1 aliphatic carbocycles. The fourth-order valence-corrected chi connectivity index (χ4v) is 5.32. The van der Waals surface area contributed by atoms with Crippen molar-refractivity contribution in [2.24, 2.45) is 4.99 Å². The van der Waals surface area contributed by atoms with Crippen LogP contribution in [0.4, 0.5) is 5.82 Å². The van der Waals surface area contributed by atoms with Crippen LogP contribution in [0.3, 0.4) is 0 Å². The lowest BCUT2D eigenvalue weighted by Crippen LogP contribution is -2.37. The van der Waals surface area contributed by atoms with E-state index in [1.165, 1.54) is 6.92 Å². The van der Waals surface area contributed by atoms with E-state index in [9.17, 15) is 4.79 Å². The van der Waals surface area contributed by atoms with Gasteiger partial charge in [0.25, 0.3) is 0 Å². The minimum atomic E-state index is -0.234. The number of carbonyl (C=O) groups excluding carboxylic acids is 1. The molecule has 0 N–H and O–H groups in total. The quantitative estimate of drug-likeness (QED) is 0.626. The van der Waals surface area contributed by atoms with E-state index in [4.69, 9.17) is 28.9 Å². The van der Waals surface area contributed by atoms with Gasteiger partial charge in [0.1, 0.15) is 11.9 Å². The van der Waals surface area contributed by atoms with Crippen LogP contribution in [-0.4, -0.2) is 69.3 Å². The minimum Gasteiger partial charge on any atom is -0.493 e. The van der Waals surface area contributed by atoms with Crippen molar-refractivity contribution in [2.75, 3.05) is 45.4 Å². The Morgan fingerprint density at radius 3 is 2.53 bits per heavy atom. The van der Waals surface area contributed by atoms with Crippen LogP contribution in [0.25, 0.3) is 0 Å². The Morgan fingerprint density at radius 1 is 1.09 bits per heavy atom. The zero-order valence-corrected chi connectivity index (χ0v) is 20.0. The van der Waals surface area contributed by atoms with Crippen LogP contribution in [0.2, 0.25) is 0 Å². The molecule has 8 nitrogen and oxygen atoms in total. The zero-order chi connectivity index (χ0) is 23.7. The number of rotatable bonds is 5. The summed E-state index contributed by atoms with van der Waals surface area (Å²) in [5.74, 6) is 2.23. The Bertz CT molecular complexity index is 1080. The maximum absolute atomic E-state index is 11.6. The number of fused-ring (bicyclic) bond motifs is 3. The number of aromatic nitrogens is 1. The third kappa shape index (κ3) is 4.34. The largest absolute Gasteiger partial charge is 0.493 e. The molecule has 34 heavy (non-hydrogen) atoms. The molecular weight excluding hydrogens is 434 g/mol. The highest BCUT2D eigenvalue weighted by atomic mass is 16.5. The summed E-state index contributed by atoms with van der Waals surface area (Å²) in [5.41, 5.74) is 4.07. The smallest absolute Gasteiger partial charge is 0.302 e. The van der Waals surface area contributed by atoms with Gasteiger partial charge in [0.15, 0.2) is 11.5 Å². The van der Waals surface area contributed by atoms with Crippen molar-refractivity contribution in [3.8, 4) is 11.5 Å². The molecule has 3 unspecified atom stereocenters. The van der Waals surface area contributed by atoms with Crippen molar-refractivity contribution < 1.29 is 23.7 Å². The fraction of sp³-hybridized carbons (Fsp3) is 0.500. The van der Waals surface area contributed by atoms with Crippen LogP contribution in [0.1, 0.15) is 48.8 Å². The van der Waals surface area contributed by atoms with E-state index in [1.807, 2.05) is 12.3 Å². The van der Waals surface area contributed by atoms with Gasteiger partial charge in [-0.3, -0.25) is 9.79 Å². The van der Waals surface area contributed by atoms with Gasteiger partial charge in [0.2, 0.25) is 0 Å². The van der Waals surface area contributed by atoms with Crippen molar-refractivity contribution in [3.05, 3.63) is 47.2 Å². The molecule has 0 radical (unpaired) electrons. The van der Waals surface area contributed by atoms with Crippen LogP contribution in [0.5, 0.6) is 11.5 Å². The molecular formula is C26H31N3O5. The average molecular weight is 466 g/mol. The molecule has 1 saturated heterocycles. The molecule has 3 aliphatic rings. The molecule has 3 atom stereocenters. The van der Waals surface area contributed by atoms with Crippen LogP contribution in [-0.2, 0) is 14.3 Å². The Kier molecular flexibility index (Phi) is 6.41. The number of carbonyl (C=O) groups is 1. The van der Waals surface area contributed by atoms with Crippen LogP contribution < -0.4 is 14.4 Å². The summed E-state index contributed by atoms with van der Waals surface area (Å²) in [6.07, 6.45) is 4.24. The molecule has 2 aliphatic heterocycles. The summed E-state index contributed by atoms with van der Waals surface area (Å²) in [6.45, 7) is 4.62. The van der Waals surface area contributed by atoms with Crippen molar-refractivity contribution in [1.82, 2.24) is 4.98 Å². The molecule has 0 spiro atoms. The number of methoxy groups -OCH3 is 2. The minimum absolute atomic E-state index is 0.0917. The second-order valence-electron chi connectivity index (χ2n) is 8.99. The lowest BCUT2D eigenvalue weighted by atomic mass is 9.74. The van der Waals surface area contributed by atoms with Gasteiger partial charge in [0, 0.05) is 43.3 Å². The number of ether oxygens (including phenoxy) is 4. The molecule has 8 heteroatoms. The predicted molar refractivity (Wildman–Crippen MR) is 128 cm³/mol. The molecule has 180 valence electrons. The van der Waals surface area contributed by atoms with Gasteiger partial charge in [-0.25, -0.2) is 4.98 Å². The summed E-state index contributed by atoms with van der Waals surface area (Å²) in [7, 11) is 3.29. The van der Waals surface area contributed by atoms with Gasteiger partial charge in [-0.15, -0.1) is 0 Å². The second kappa shape index (κ2) is 9.62. The van der Waals surface area contributed by atoms with E-state index in [-0.39, 0.29) is 24.0 Å². The lowest BCUT2D eigenvalue weighted by molar-refractivity contribution is -0.148. The number of aliphatic imine (C=N–C) groups is 1. The first-order valence-electron chi connectivity index (χ1n) is 11.9. The summed E-state index contributed by atoms with van der Waals surface area (Å²) in [4.78, 5) is 23.8. The Hall–Kier alpha value is -3.13. The molecule has 2 aromatic rings. The normalized spacial score (nSPS) is 23.9. The monoisotopic (exact) mass is 465 g/mol. The third-order valence-electron chi connectivity index (χ3n) is 6.96. The van der Waals surface area contributed by atoms with Gasteiger partial charge in [-0.1, -0.05) is 0 Å². The third-order valence-corrected chi connectivity index (χ3v) is 6.96. The summed E-state index contributed by atoms with van der Waals surface area (Å²) < 4.78 is 22.3. The molecule has 5 rings (SSSR count). The molecule has 1 saturated carbocycles. The number of hydrogen-bond donors (Lipinski definition) is 0. The highest BCUT2D eigenvalue weighted by molar-refractivity contribution is 6.15. The van der Waals surface area contributed by atoms with Crippen molar-refractivity contribution >= 4 is 17.5 Å². The summed E-state index contributed by atoms with van der Waals surface area (Å²) in [5, 5.41) is 0. The molecule has 0 bridgehead atoms. The van der Waals surface area contributed by atoms with Gasteiger partial charge in [0.05, 0.1) is 39.2 Å². The number of benzene rings is 1. The van der Waals surface area contributed by atoms with Crippen LogP contribution in [0, 0.1) is 0 Å². The Balaban J connectivity index is 1.52. The molecule has 3 heterocycles. The first-order chi connectivity index (χ1) is 16.6. The van der Waals surface area contributed by atoms with E-state index in [2.05, 4.69) is 23.1 Å². The van der Waals surface area contributed by atoms with Gasteiger partial charge < -0.3 is 23.8 Å². The molecule has 1 aromatic carbocycles. The van der Waals surface area contributed by atoms with Crippen LogP contribution in [0.15, 0.2) is 35.5 Å². The van der Waals surface area contributed by atoms with Crippen molar-refractivity contribution in [3.63, 3.8) is 0 Å². The van der Waals surface area contributed by atoms with E-state index in [1.54, 1.807) is 14.2 Å². The predicted octanol–water partition coefficient (Wildman–Crippen LogP) is 3.35. The van der Waals surface area contributed by atoms with E-state index < -0.39 is 0 Å². The van der Waals surface area contributed by atoms with E-state index >= 15 is 0 Å². The Labute approximate surface area is 199 Å². The van der Waals surface area contributed by atoms with Crippen molar-refractivity contribution in [1.29, 1.82) is 0 Å². The maximum atomic E-state index is 11.6. The Morgan fingerprint density at radius 2 is 1.85 bits per heavy atom. The average Bonchev–Trinajstić information content (AvgIpc) is 2.87. The molecule has 0 amide bonds. The number of esters is 1. The number of anilines is 1. The highest BCUT2D eigenvalue weighted by Gasteiger charge is 2.38. The molecule has 2 fully saturated rings. The summed E-state index contributed by atoms with van der Waals surface area (Å²) in [6, 6.07) is 8.35. The fourth-order valence-electron chi connectivity index (χ4n) is 5.32. The van der Waals surface area contributed by atoms with Gasteiger partial charge in [-0.2, -0.15) is 0 Å². The number of nitrogens with zero attached hydrogens (tertiary/aromatic N) is 3. The number of morpholine rings is 1. The maximum Gasteiger partial charge on any atom is 0.302 e. The lowest BCUT2D eigenvalue weighted by Gasteiger charge is -2.38. The molecule has 1 aromatic heterocycles. The second-order valence-corrected chi connectivity index (χ2v) is 8.99. The first-order valence-corrected chi connectivity index (χ1v) is 11.9. The van der Waals surface area contributed by atoms with Crippen LogP contribution >= 0.6 is 0 Å². The highest BCUT2D eigenvalue weighted by Crippen LogP contribution is 2.45. The number of pyridine rings is 1. The zero-order valence-electron chi connectivity index (χ0n) is 20.0. The standard InChI is InChI=1S/C26H31N3O5/c1-16(30)34-18-5-6-22-20(12-18)19-13-23(31-2)24(32-3)14-21(19)26(28-22)17-4-7-25(27-15-17)29-8-10-33-11-9-29/h4,7,13-15,18,20,22H,5-6,8-12H2,1-3H3. The van der Waals surface area contributed by atoms with E-state index in [0.29, 0.717) is 11.5 Å². The summed E-state index contributed by atoms with van der Waals surface area (Å²) >= 11 is 0. The van der Waals surface area contributed by atoms with Crippen molar-refractivity contribution in [2.45, 2.75) is 44.2 Å². The van der Waals surface area contributed by atoms with Gasteiger partial charge in [-0.05, 0) is 49.1 Å². The number of hydrogen-bond acceptors (Lipinski definition) is 8. The van der Waals surface area contributed by atoms with Gasteiger partial charge >= 0.3 is 5.97 Å². The van der Waals surface area contributed by atoms with E-state index in [0.717, 1.165) is 73.8 Å².